The number of fused-ring (bicyclic) bond motifs is 2. The van der Waals surface area contributed by atoms with E-state index in [9.17, 15) is 0 Å². The molecule has 0 amide bonds. The monoisotopic (exact) mass is 227 g/mol. The average molecular weight is 227 g/mol. The highest BCUT2D eigenvalue weighted by atomic mass is 15.2. The van der Waals surface area contributed by atoms with Gasteiger partial charge < -0.3 is 4.90 Å². The summed E-state index contributed by atoms with van der Waals surface area (Å²) in [6.07, 6.45) is 6.65. The molecule has 90 valence electrons. The van der Waals surface area contributed by atoms with Gasteiger partial charge in [0, 0.05) is 23.8 Å². The normalized spacial score (nSPS) is 22.0. The summed E-state index contributed by atoms with van der Waals surface area (Å²) >= 11 is 0. The van der Waals surface area contributed by atoms with Crippen molar-refractivity contribution in [2.45, 2.75) is 44.4 Å². The predicted octanol–water partition coefficient (Wildman–Crippen LogP) is 4.16. The maximum absolute atomic E-state index is 4.38. The maximum atomic E-state index is 4.38. The number of hydrogen-bond acceptors (Lipinski definition) is 1. The van der Waals surface area contributed by atoms with Gasteiger partial charge in [-0.25, -0.2) is 0 Å². The van der Waals surface area contributed by atoms with Crippen LogP contribution >= 0.6 is 0 Å². The second-order valence-electron chi connectivity index (χ2n) is 5.67. The summed E-state index contributed by atoms with van der Waals surface area (Å²) in [5.41, 5.74) is 5.86. The van der Waals surface area contributed by atoms with Crippen molar-refractivity contribution >= 4 is 5.69 Å². The van der Waals surface area contributed by atoms with Crippen LogP contribution in [0, 0.1) is 6.92 Å². The lowest BCUT2D eigenvalue weighted by molar-refractivity contribution is 0.347. The Balaban J connectivity index is 2.18. The molecule has 1 aromatic carbocycles. The number of likely N-dealkylation sites (N-methyl/N-ethyl adjacent to an activating group) is 1. The Kier molecular flexibility index (Phi) is 2.32. The van der Waals surface area contributed by atoms with Crippen LogP contribution in [0.2, 0.25) is 0 Å². The SMILES string of the molecule is C=C1N(C)c2ccc(C)cc2C12CCCCC2. The topological polar surface area (TPSA) is 3.24 Å². The first-order valence-corrected chi connectivity index (χ1v) is 6.69. The fourth-order valence-corrected chi connectivity index (χ4v) is 3.66. The van der Waals surface area contributed by atoms with Crippen molar-refractivity contribution < 1.29 is 0 Å². The van der Waals surface area contributed by atoms with E-state index in [4.69, 9.17) is 0 Å². The van der Waals surface area contributed by atoms with E-state index < -0.39 is 0 Å². The number of anilines is 1. The summed E-state index contributed by atoms with van der Waals surface area (Å²) in [6, 6.07) is 6.86. The van der Waals surface area contributed by atoms with Crippen LogP contribution < -0.4 is 4.90 Å². The molecule has 1 nitrogen and oxygen atoms in total. The Morgan fingerprint density at radius 1 is 1.18 bits per heavy atom. The Hall–Kier alpha value is -1.24. The lowest BCUT2D eigenvalue weighted by atomic mass is 9.69. The van der Waals surface area contributed by atoms with Crippen LogP contribution in [0.15, 0.2) is 30.5 Å². The minimum Gasteiger partial charge on any atom is -0.348 e. The second kappa shape index (κ2) is 3.63. The van der Waals surface area contributed by atoms with Crippen LogP contribution in [-0.2, 0) is 5.41 Å². The lowest BCUT2D eigenvalue weighted by Crippen LogP contribution is -2.31. The molecule has 17 heavy (non-hydrogen) atoms. The third-order valence-corrected chi connectivity index (χ3v) is 4.69. The molecule has 0 atom stereocenters. The zero-order valence-electron chi connectivity index (χ0n) is 10.9. The molecule has 1 saturated carbocycles. The quantitative estimate of drug-likeness (QED) is 0.643. The van der Waals surface area contributed by atoms with Crippen LogP contribution in [-0.4, -0.2) is 7.05 Å². The minimum absolute atomic E-state index is 0.258. The van der Waals surface area contributed by atoms with Gasteiger partial charge in [-0.15, -0.1) is 0 Å². The molecule has 1 heteroatoms. The first-order valence-electron chi connectivity index (χ1n) is 6.69. The highest BCUT2D eigenvalue weighted by Crippen LogP contribution is 2.54. The fraction of sp³-hybridized carbons (Fsp3) is 0.500. The first kappa shape index (κ1) is 10.9. The molecule has 1 aliphatic carbocycles. The van der Waals surface area contributed by atoms with Crippen LogP contribution in [0.3, 0.4) is 0 Å². The summed E-state index contributed by atoms with van der Waals surface area (Å²) < 4.78 is 0. The van der Waals surface area contributed by atoms with E-state index in [0.717, 1.165) is 0 Å². The van der Waals surface area contributed by atoms with Crippen molar-refractivity contribution in [2.75, 3.05) is 11.9 Å². The van der Waals surface area contributed by atoms with E-state index >= 15 is 0 Å². The van der Waals surface area contributed by atoms with Crippen molar-refractivity contribution in [1.29, 1.82) is 0 Å². The molecule has 0 saturated heterocycles. The number of nitrogens with zero attached hydrogens (tertiary/aromatic N) is 1. The molecule has 2 aliphatic rings. The van der Waals surface area contributed by atoms with Crippen molar-refractivity contribution in [1.82, 2.24) is 0 Å². The molecule has 0 bridgehead atoms. The van der Waals surface area contributed by atoms with Crippen molar-refractivity contribution in [2.24, 2.45) is 0 Å². The molecule has 0 radical (unpaired) electrons. The van der Waals surface area contributed by atoms with E-state index in [0.29, 0.717) is 0 Å². The van der Waals surface area contributed by atoms with Gasteiger partial charge in [-0.2, -0.15) is 0 Å². The van der Waals surface area contributed by atoms with Gasteiger partial charge in [0.1, 0.15) is 0 Å². The number of hydrogen-bond donors (Lipinski definition) is 0. The molecule has 0 aromatic heterocycles. The molecule has 0 unspecified atom stereocenters. The Labute approximate surface area is 104 Å². The first-order chi connectivity index (χ1) is 8.15. The molecule has 0 N–H and O–H groups in total. The third kappa shape index (κ3) is 1.38. The van der Waals surface area contributed by atoms with E-state index in [1.165, 1.54) is 54.6 Å². The highest BCUT2D eigenvalue weighted by molar-refractivity contribution is 5.70. The lowest BCUT2D eigenvalue weighted by Gasteiger charge is -2.35. The number of benzene rings is 1. The summed E-state index contributed by atoms with van der Waals surface area (Å²) in [5, 5.41) is 0. The number of aryl methyl sites for hydroxylation is 1. The molecular weight excluding hydrogens is 206 g/mol. The third-order valence-electron chi connectivity index (χ3n) is 4.69. The fourth-order valence-electron chi connectivity index (χ4n) is 3.66. The van der Waals surface area contributed by atoms with Crippen LogP contribution in [0.4, 0.5) is 5.69 Å². The van der Waals surface area contributed by atoms with Gasteiger partial charge in [0.05, 0.1) is 0 Å². The van der Waals surface area contributed by atoms with Gasteiger partial charge in [-0.3, -0.25) is 0 Å². The summed E-state index contributed by atoms with van der Waals surface area (Å²) in [7, 11) is 2.17. The minimum atomic E-state index is 0.258. The molecular formula is C16H21N. The van der Waals surface area contributed by atoms with Crippen LogP contribution in [0.25, 0.3) is 0 Å². The van der Waals surface area contributed by atoms with Crippen LogP contribution in [0.1, 0.15) is 43.2 Å². The van der Waals surface area contributed by atoms with Crippen molar-refractivity contribution in [3.63, 3.8) is 0 Å². The van der Waals surface area contributed by atoms with Gasteiger partial charge in [-0.1, -0.05) is 43.5 Å². The smallest absolute Gasteiger partial charge is 0.0448 e. The van der Waals surface area contributed by atoms with Gasteiger partial charge in [0.25, 0.3) is 0 Å². The molecule has 1 fully saturated rings. The highest BCUT2D eigenvalue weighted by Gasteiger charge is 2.45. The standard InChI is InChI=1S/C16H21N/c1-12-7-8-15-14(11-12)16(13(2)17(15)3)9-5-4-6-10-16/h7-8,11H,2,4-6,9-10H2,1,3H3. The Bertz CT molecular complexity index is 466. The molecule has 1 heterocycles. The summed E-state index contributed by atoms with van der Waals surface area (Å²) in [4.78, 5) is 2.31. The van der Waals surface area contributed by atoms with Gasteiger partial charge in [0.15, 0.2) is 0 Å². The van der Waals surface area contributed by atoms with Gasteiger partial charge in [-0.05, 0) is 31.4 Å². The Morgan fingerprint density at radius 2 is 1.88 bits per heavy atom. The zero-order chi connectivity index (χ0) is 12.0. The van der Waals surface area contributed by atoms with E-state index in [1.807, 2.05) is 0 Å². The van der Waals surface area contributed by atoms with Crippen LogP contribution in [0.5, 0.6) is 0 Å². The summed E-state index contributed by atoms with van der Waals surface area (Å²) in [6.45, 7) is 6.57. The maximum Gasteiger partial charge on any atom is 0.0448 e. The van der Waals surface area contributed by atoms with Gasteiger partial charge in [0.2, 0.25) is 0 Å². The molecule has 1 spiro atoms. The summed E-state index contributed by atoms with van der Waals surface area (Å²) in [5.74, 6) is 0. The largest absolute Gasteiger partial charge is 0.348 e. The zero-order valence-corrected chi connectivity index (χ0v) is 10.9. The van der Waals surface area contributed by atoms with Crippen molar-refractivity contribution in [3.8, 4) is 0 Å². The molecule has 1 aromatic rings. The van der Waals surface area contributed by atoms with E-state index in [1.54, 1.807) is 0 Å². The average Bonchev–Trinajstić information content (AvgIpc) is 2.54. The van der Waals surface area contributed by atoms with Gasteiger partial charge >= 0.3 is 0 Å². The molecule has 1 aliphatic heterocycles. The number of allylic oxidation sites excluding steroid dienone is 1. The Morgan fingerprint density at radius 3 is 2.59 bits per heavy atom. The number of rotatable bonds is 0. The van der Waals surface area contributed by atoms with E-state index in [-0.39, 0.29) is 5.41 Å². The predicted molar refractivity (Wildman–Crippen MR) is 73.5 cm³/mol. The second-order valence-corrected chi connectivity index (χ2v) is 5.67. The van der Waals surface area contributed by atoms with E-state index in [2.05, 4.69) is 43.6 Å². The molecule has 3 rings (SSSR count). The van der Waals surface area contributed by atoms with Crippen molar-refractivity contribution in [3.05, 3.63) is 41.6 Å².